The third-order valence-corrected chi connectivity index (χ3v) is 1.47. The van der Waals surface area contributed by atoms with Gasteiger partial charge < -0.3 is 9.67 Å². The second-order valence-electron chi connectivity index (χ2n) is 2.42. The largest absolute Gasteiger partial charge is 0.480 e. The zero-order valence-corrected chi connectivity index (χ0v) is 6.73. The standard InChI is InChI=1S/C9H7NO3/c1-2-7-3-4-10(6-9(12)13)8(11)5-7/h1,3-5H,6H2,(H,12,13). The molecule has 1 heterocycles. The normalized spacial score (nSPS) is 9.15. The van der Waals surface area contributed by atoms with Crippen LogP contribution in [-0.4, -0.2) is 15.6 Å². The number of aliphatic carboxylic acids is 1. The maximum Gasteiger partial charge on any atom is 0.323 e. The van der Waals surface area contributed by atoms with Crippen molar-refractivity contribution < 1.29 is 9.90 Å². The molecule has 0 atom stereocenters. The van der Waals surface area contributed by atoms with Crippen molar-refractivity contribution in [3.05, 3.63) is 34.2 Å². The van der Waals surface area contributed by atoms with Crippen LogP contribution < -0.4 is 5.56 Å². The Hall–Kier alpha value is -2.02. The van der Waals surface area contributed by atoms with Gasteiger partial charge in [-0.2, -0.15) is 0 Å². The third kappa shape index (κ3) is 2.20. The first-order valence-electron chi connectivity index (χ1n) is 3.52. The SMILES string of the molecule is C#Cc1ccn(CC(=O)O)c(=O)c1. The van der Waals surface area contributed by atoms with E-state index in [0.717, 1.165) is 4.57 Å². The van der Waals surface area contributed by atoms with E-state index in [-0.39, 0.29) is 6.54 Å². The number of aromatic nitrogens is 1. The number of pyridine rings is 1. The van der Waals surface area contributed by atoms with Gasteiger partial charge in [0.15, 0.2) is 0 Å². The highest BCUT2D eigenvalue weighted by Crippen LogP contribution is 1.91. The molecule has 0 saturated carbocycles. The van der Waals surface area contributed by atoms with Gasteiger partial charge in [0.25, 0.3) is 5.56 Å². The van der Waals surface area contributed by atoms with Crippen LogP contribution in [0, 0.1) is 12.3 Å². The van der Waals surface area contributed by atoms with Crippen molar-refractivity contribution in [2.45, 2.75) is 6.54 Å². The monoisotopic (exact) mass is 177 g/mol. The fraction of sp³-hybridized carbons (Fsp3) is 0.111. The van der Waals surface area contributed by atoms with E-state index in [1.54, 1.807) is 0 Å². The minimum atomic E-state index is -1.06. The van der Waals surface area contributed by atoms with Crippen molar-refractivity contribution in [1.82, 2.24) is 4.57 Å². The molecule has 0 aliphatic heterocycles. The average Bonchev–Trinajstić information content (AvgIpc) is 2.08. The molecular formula is C9H7NO3. The van der Waals surface area contributed by atoms with Gasteiger partial charge in [-0.15, -0.1) is 6.42 Å². The number of nitrogens with zero attached hydrogens (tertiary/aromatic N) is 1. The number of carbonyl (C=O) groups is 1. The van der Waals surface area contributed by atoms with Crippen molar-refractivity contribution in [1.29, 1.82) is 0 Å². The van der Waals surface area contributed by atoms with Gasteiger partial charge in [0.1, 0.15) is 6.54 Å². The highest BCUT2D eigenvalue weighted by Gasteiger charge is 2.00. The van der Waals surface area contributed by atoms with Crippen molar-refractivity contribution in [2.24, 2.45) is 0 Å². The zero-order chi connectivity index (χ0) is 9.84. The zero-order valence-electron chi connectivity index (χ0n) is 6.73. The van der Waals surface area contributed by atoms with E-state index in [0.29, 0.717) is 5.56 Å². The third-order valence-electron chi connectivity index (χ3n) is 1.47. The maximum atomic E-state index is 11.1. The average molecular weight is 177 g/mol. The minimum Gasteiger partial charge on any atom is -0.480 e. The van der Waals surface area contributed by atoms with Crippen LogP contribution in [0.4, 0.5) is 0 Å². The van der Waals surface area contributed by atoms with E-state index < -0.39 is 11.5 Å². The molecule has 0 saturated heterocycles. The maximum absolute atomic E-state index is 11.1. The van der Waals surface area contributed by atoms with Gasteiger partial charge >= 0.3 is 5.97 Å². The lowest BCUT2D eigenvalue weighted by molar-refractivity contribution is -0.137. The second kappa shape index (κ2) is 3.59. The molecule has 0 aliphatic carbocycles. The molecule has 1 N–H and O–H groups in total. The summed E-state index contributed by atoms with van der Waals surface area (Å²) in [4.78, 5) is 21.4. The summed E-state index contributed by atoms with van der Waals surface area (Å²) >= 11 is 0. The Kier molecular flexibility index (Phi) is 2.50. The van der Waals surface area contributed by atoms with E-state index in [4.69, 9.17) is 11.5 Å². The summed E-state index contributed by atoms with van der Waals surface area (Å²) in [5.74, 6) is 1.23. The van der Waals surface area contributed by atoms with Crippen molar-refractivity contribution in [2.75, 3.05) is 0 Å². The molecule has 1 rings (SSSR count). The number of rotatable bonds is 2. The van der Waals surface area contributed by atoms with Gasteiger partial charge in [-0.3, -0.25) is 9.59 Å². The Morgan fingerprint density at radius 3 is 2.85 bits per heavy atom. The van der Waals surface area contributed by atoms with Gasteiger partial charge in [0.05, 0.1) is 0 Å². The first-order chi connectivity index (χ1) is 6.13. The van der Waals surface area contributed by atoms with Crippen LogP contribution in [0.5, 0.6) is 0 Å². The molecule has 0 amide bonds. The van der Waals surface area contributed by atoms with E-state index in [2.05, 4.69) is 5.92 Å². The summed E-state index contributed by atoms with van der Waals surface area (Å²) in [7, 11) is 0. The summed E-state index contributed by atoms with van der Waals surface area (Å²) in [6.45, 7) is -0.344. The van der Waals surface area contributed by atoms with Gasteiger partial charge in [0, 0.05) is 17.8 Å². The van der Waals surface area contributed by atoms with Crippen molar-refractivity contribution in [3.63, 3.8) is 0 Å². The van der Waals surface area contributed by atoms with Crippen LogP contribution in [0.25, 0.3) is 0 Å². The number of hydrogen-bond acceptors (Lipinski definition) is 2. The molecule has 0 aliphatic rings. The smallest absolute Gasteiger partial charge is 0.323 e. The fourth-order valence-electron chi connectivity index (χ4n) is 0.874. The fourth-order valence-corrected chi connectivity index (χ4v) is 0.874. The Morgan fingerprint density at radius 2 is 2.38 bits per heavy atom. The van der Waals surface area contributed by atoms with E-state index in [9.17, 15) is 9.59 Å². The summed E-state index contributed by atoms with van der Waals surface area (Å²) < 4.78 is 1.07. The van der Waals surface area contributed by atoms with Crippen molar-refractivity contribution >= 4 is 5.97 Å². The molecule has 0 radical (unpaired) electrons. The first-order valence-corrected chi connectivity index (χ1v) is 3.52. The van der Waals surface area contributed by atoms with Crippen molar-refractivity contribution in [3.8, 4) is 12.3 Å². The number of hydrogen-bond donors (Lipinski definition) is 1. The predicted octanol–water partition coefficient (Wildman–Crippen LogP) is -0.0858. The molecular weight excluding hydrogens is 170 g/mol. The Morgan fingerprint density at radius 1 is 1.69 bits per heavy atom. The van der Waals surface area contributed by atoms with E-state index >= 15 is 0 Å². The molecule has 4 nitrogen and oxygen atoms in total. The predicted molar refractivity (Wildman–Crippen MR) is 46.3 cm³/mol. The number of carboxylic acid groups (broad SMARTS) is 1. The van der Waals surface area contributed by atoms with Crippen LogP contribution in [0.3, 0.4) is 0 Å². The Bertz CT molecular complexity index is 425. The van der Waals surface area contributed by atoms with Gasteiger partial charge in [-0.25, -0.2) is 0 Å². The van der Waals surface area contributed by atoms with Crippen LogP contribution in [0.1, 0.15) is 5.56 Å². The molecule has 0 bridgehead atoms. The molecule has 0 aromatic carbocycles. The summed E-state index contributed by atoms with van der Waals surface area (Å²) in [6.07, 6.45) is 6.42. The van der Waals surface area contributed by atoms with E-state index in [1.807, 2.05) is 0 Å². The number of terminal acetylenes is 1. The van der Waals surface area contributed by atoms with Crippen LogP contribution in [0.15, 0.2) is 23.1 Å². The lowest BCUT2D eigenvalue weighted by Gasteiger charge is -2.00. The van der Waals surface area contributed by atoms with Crippen LogP contribution in [0.2, 0.25) is 0 Å². The Balaban J connectivity index is 3.08. The van der Waals surface area contributed by atoms with E-state index in [1.165, 1.54) is 18.3 Å². The van der Waals surface area contributed by atoms with Crippen LogP contribution >= 0.6 is 0 Å². The minimum absolute atomic E-state index is 0.344. The quantitative estimate of drug-likeness (QED) is 0.642. The highest BCUT2D eigenvalue weighted by atomic mass is 16.4. The summed E-state index contributed by atoms with van der Waals surface area (Å²) in [6, 6.07) is 2.74. The molecule has 1 aromatic heterocycles. The number of carboxylic acids is 1. The molecule has 66 valence electrons. The molecule has 13 heavy (non-hydrogen) atoms. The summed E-state index contributed by atoms with van der Waals surface area (Å²) in [5.41, 5.74) is 0.0458. The lowest BCUT2D eigenvalue weighted by Crippen LogP contribution is -2.22. The molecule has 0 fully saturated rings. The molecule has 4 heteroatoms. The molecule has 1 aromatic rings. The molecule has 0 spiro atoms. The molecule has 0 unspecified atom stereocenters. The van der Waals surface area contributed by atoms with Crippen LogP contribution in [-0.2, 0) is 11.3 Å². The first kappa shape index (κ1) is 9.07. The van der Waals surface area contributed by atoms with Gasteiger partial charge in [-0.05, 0) is 6.07 Å². The summed E-state index contributed by atoms with van der Waals surface area (Å²) in [5, 5.41) is 8.42. The van der Waals surface area contributed by atoms with Gasteiger partial charge in [-0.1, -0.05) is 5.92 Å². The Labute approximate surface area is 74.4 Å². The second-order valence-corrected chi connectivity index (χ2v) is 2.42. The van der Waals surface area contributed by atoms with Gasteiger partial charge in [0.2, 0.25) is 0 Å². The lowest BCUT2D eigenvalue weighted by atomic mass is 10.3. The topological polar surface area (TPSA) is 59.3 Å². The highest BCUT2D eigenvalue weighted by molar-refractivity contribution is 5.66.